The minimum Gasteiger partial charge on any atom is -0.384 e. The largest absolute Gasteiger partial charge is 0.384 e. The van der Waals surface area contributed by atoms with E-state index in [1.165, 1.54) is 16.8 Å². The van der Waals surface area contributed by atoms with Gasteiger partial charge in [0.05, 0.1) is 11.0 Å². The molecule has 0 saturated heterocycles. The normalized spacial score (nSPS) is 10.9. The molecule has 0 aliphatic rings. The summed E-state index contributed by atoms with van der Waals surface area (Å²) < 4.78 is 0. The van der Waals surface area contributed by atoms with Crippen LogP contribution in [0.4, 0.5) is 5.69 Å². The van der Waals surface area contributed by atoms with Gasteiger partial charge in [-0.3, -0.25) is 0 Å². The van der Waals surface area contributed by atoms with Crippen LogP contribution >= 0.6 is 0 Å². The molecule has 3 nitrogen and oxygen atoms in total. The first kappa shape index (κ1) is 12.7. The summed E-state index contributed by atoms with van der Waals surface area (Å²) in [7, 11) is 0. The molecule has 20 heavy (non-hydrogen) atoms. The van der Waals surface area contributed by atoms with Gasteiger partial charge in [-0.15, -0.1) is 0 Å². The molecule has 0 aliphatic heterocycles. The Labute approximate surface area is 119 Å². The smallest absolute Gasteiger partial charge is 0.109 e. The molecule has 3 rings (SSSR count). The van der Waals surface area contributed by atoms with Gasteiger partial charge in [0, 0.05) is 18.7 Å². The number of hydrogen-bond donors (Lipinski definition) is 2. The Kier molecular flexibility index (Phi) is 3.42. The minimum absolute atomic E-state index is 0.879. The summed E-state index contributed by atoms with van der Waals surface area (Å²) in [6, 6.07) is 14.6. The summed E-state index contributed by atoms with van der Waals surface area (Å²) in [6.07, 6.45) is 0.891. The van der Waals surface area contributed by atoms with Gasteiger partial charge in [0.25, 0.3) is 0 Å². The van der Waals surface area contributed by atoms with Gasteiger partial charge >= 0.3 is 0 Å². The number of aryl methyl sites for hydroxylation is 2. The summed E-state index contributed by atoms with van der Waals surface area (Å²) in [4.78, 5) is 8.06. The fourth-order valence-electron chi connectivity index (χ4n) is 2.43. The Morgan fingerprint density at radius 1 is 1.00 bits per heavy atom. The number of para-hydroxylation sites is 2. The molecule has 0 amide bonds. The predicted molar refractivity (Wildman–Crippen MR) is 84.2 cm³/mol. The van der Waals surface area contributed by atoms with Crippen LogP contribution in [0, 0.1) is 13.8 Å². The van der Waals surface area contributed by atoms with Gasteiger partial charge < -0.3 is 10.3 Å². The van der Waals surface area contributed by atoms with Crippen LogP contribution < -0.4 is 5.32 Å². The van der Waals surface area contributed by atoms with E-state index >= 15 is 0 Å². The maximum atomic E-state index is 4.67. The molecule has 2 N–H and O–H groups in total. The van der Waals surface area contributed by atoms with Gasteiger partial charge in [0.1, 0.15) is 5.82 Å². The Balaban J connectivity index is 1.68. The van der Waals surface area contributed by atoms with Crippen molar-refractivity contribution < 1.29 is 0 Å². The third kappa shape index (κ3) is 2.52. The maximum Gasteiger partial charge on any atom is 0.109 e. The molecular formula is C17H19N3. The van der Waals surface area contributed by atoms with E-state index in [1.807, 2.05) is 0 Å². The molecule has 0 saturated carbocycles. The van der Waals surface area contributed by atoms with E-state index in [2.05, 4.69) is 71.6 Å². The number of nitrogens with zero attached hydrogens (tertiary/aromatic N) is 1. The number of rotatable bonds is 4. The van der Waals surface area contributed by atoms with Crippen molar-refractivity contribution in [3.8, 4) is 0 Å². The molecule has 2 aromatic carbocycles. The molecule has 0 spiro atoms. The number of H-pyrrole nitrogens is 1. The highest BCUT2D eigenvalue weighted by Crippen LogP contribution is 2.16. The van der Waals surface area contributed by atoms with Crippen molar-refractivity contribution in [3.05, 3.63) is 59.4 Å². The Morgan fingerprint density at radius 2 is 1.80 bits per heavy atom. The number of nitrogens with one attached hydrogen (secondary N) is 2. The van der Waals surface area contributed by atoms with Crippen LogP contribution in [0.15, 0.2) is 42.5 Å². The van der Waals surface area contributed by atoms with Crippen molar-refractivity contribution in [3.63, 3.8) is 0 Å². The zero-order valence-electron chi connectivity index (χ0n) is 11.9. The Morgan fingerprint density at radius 3 is 2.60 bits per heavy atom. The molecule has 102 valence electrons. The van der Waals surface area contributed by atoms with Crippen LogP contribution in [0.3, 0.4) is 0 Å². The quantitative estimate of drug-likeness (QED) is 0.752. The van der Waals surface area contributed by atoms with E-state index in [9.17, 15) is 0 Å². The summed E-state index contributed by atoms with van der Waals surface area (Å²) in [5.41, 5.74) is 5.89. The van der Waals surface area contributed by atoms with E-state index in [1.54, 1.807) is 0 Å². The molecule has 1 aromatic heterocycles. The molecule has 0 radical (unpaired) electrons. The molecule has 0 bridgehead atoms. The zero-order valence-corrected chi connectivity index (χ0v) is 11.9. The van der Waals surface area contributed by atoms with Crippen LogP contribution in [-0.2, 0) is 6.42 Å². The molecule has 1 heterocycles. The van der Waals surface area contributed by atoms with E-state index in [-0.39, 0.29) is 0 Å². The van der Waals surface area contributed by atoms with Gasteiger partial charge in [-0.25, -0.2) is 4.98 Å². The number of aromatic amines is 1. The second-order valence-corrected chi connectivity index (χ2v) is 5.15. The van der Waals surface area contributed by atoms with Crippen LogP contribution in [0.1, 0.15) is 17.0 Å². The third-order valence-corrected chi connectivity index (χ3v) is 3.59. The van der Waals surface area contributed by atoms with Crippen molar-refractivity contribution in [2.75, 3.05) is 11.9 Å². The van der Waals surface area contributed by atoms with E-state index in [4.69, 9.17) is 0 Å². The second-order valence-electron chi connectivity index (χ2n) is 5.15. The predicted octanol–water partition coefficient (Wildman–Crippen LogP) is 3.83. The highest BCUT2D eigenvalue weighted by atomic mass is 14.9. The summed E-state index contributed by atoms with van der Waals surface area (Å²) in [6.45, 7) is 5.09. The number of hydrogen-bond acceptors (Lipinski definition) is 2. The molecule has 0 aliphatic carbocycles. The number of anilines is 1. The Hall–Kier alpha value is -2.29. The standard InChI is InChI=1S/C17H19N3/c1-12-6-3-4-8-14(12)18-11-10-16-19-15-9-5-7-13(2)17(15)20-16/h3-9,18H,10-11H2,1-2H3,(H,19,20). The molecular weight excluding hydrogens is 246 g/mol. The minimum atomic E-state index is 0.879. The van der Waals surface area contributed by atoms with Gasteiger partial charge in [-0.1, -0.05) is 30.3 Å². The fraction of sp³-hybridized carbons (Fsp3) is 0.235. The number of imidazole rings is 1. The SMILES string of the molecule is Cc1ccccc1NCCc1nc2c(C)cccc2[nH]1. The summed E-state index contributed by atoms with van der Waals surface area (Å²) in [5, 5.41) is 3.46. The monoisotopic (exact) mass is 265 g/mol. The zero-order chi connectivity index (χ0) is 13.9. The van der Waals surface area contributed by atoms with Crippen LogP contribution in [0.2, 0.25) is 0 Å². The van der Waals surface area contributed by atoms with Crippen molar-refractivity contribution in [1.82, 2.24) is 9.97 Å². The van der Waals surface area contributed by atoms with Crippen LogP contribution in [0.5, 0.6) is 0 Å². The molecule has 0 atom stereocenters. The van der Waals surface area contributed by atoms with Gasteiger partial charge in [-0.05, 0) is 37.1 Å². The lowest BCUT2D eigenvalue weighted by Crippen LogP contribution is -2.06. The number of aromatic nitrogens is 2. The van der Waals surface area contributed by atoms with E-state index < -0.39 is 0 Å². The average Bonchev–Trinajstić information content (AvgIpc) is 2.85. The number of benzene rings is 2. The topological polar surface area (TPSA) is 40.7 Å². The first-order chi connectivity index (χ1) is 9.74. The lowest BCUT2D eigenvalue weighted by Gasteiger charge is -2.07. The molecule has 0 unspecified atom stereocenters. The third-order valence-electron chi connectivity index (χ3n) is 3.59. The van der Waals surface area contributed by atoms with E-state index in [0.29, 0.717) is 0 Å². The lowest BCUT2D eigenvalue weighted by molar-refractivity contribution is 0.933. The first-order valence-electron chi connectivity index (χ1n) is 6.98. The van der Waals surface area contributed by atoms with Gasteiger partial charge in [0.15, 0.2) is 0 Å². The molecule has 3 aromatic rings. The molecule has 0 fully saturated rings. The van der Waals surface area contributed by atoms with Gasteiger partial charge in [-0.2, -0.15) is 0 Å². The average molecular weight is 265 g/mol. The van der Waals surface area contributed by atoms with Crippen LogP contribution in [-0.4, -0.2) is 16.5 Å². The Bertz CT molecular complexity index is 728. The first-order valence-corrected chi connectivity index (χ1v) is 6.98. The lowest BCUT2D eigenvalue weighted by atomic mass is 10.2. The van der Waals surface area contributed by atoms with Crippen molar-refractivity contribution in [2.24, 2.45) is 0 Å². The van der Waals surface area contributed by atoms with Gasteiger partial charge in [0.2, 0.25) is 0 Å². The molecule has 3 heteroatoms. The van der Waals surface area contributed by atoms with Crippen molar-refractivity contribution in [1.29, 1.82) is 0 Å². The number of fused-ring (bicyclic) bond motifs is 1. The summed E-state index contributed by atoms with van der Waals surface area (Å²) >= 11 is 0. The second kappa shape index (κ2) is 5.37. The highest BCUT2D eigenvalue weighted by Gasteiger charge is 2.04. The fourth-order valence-corrected chi connectivity index (χ4v) is 2.43. The maximum absolute atomic E-state index is 4.67. The highest BCUT2D eigenvalue weighted by molar-refractivity contribution is 5.78. The van der Waals surface area contributed by atoms with E-state index in [0.717, 1.165) is 29.8 Å². The van der Waals surface area contributed by atoms with Crippen molar-refractivity contribution in [2.45, 2.75) is 20.3 Å². The van der Waals surface area contributed by atoms with Crippen LogP contribution in [0.25, 0.3) is 11.0 Å². The van der Waals surface area contributed by atoms with Crippen molar-refractivity contribution >= 4 is 16.7 Å². The summed E-state index contributed by atoms with van der Waals surface area (Å²) in [5.74, 6) is 1.04.